The smallest absolute Gasteiger partial charge is 0.303 e. The monoisotopic (exact) mass is 509 g/mol. The number of nitrogens with one attached hydrogen (secondary N) is 1. The highest BCUT2D eigenvalue weighted by atomic mass is 16.5. The molecule has 2 N–H and O–H groups in total. The number of hydrogen-bond acceptors (Lipinski definition) is 3. The average Bonchev–Trinajstić information content (AvgIpc) is 2.91. The van der Waals surface area contributed by atoms with E-state index in [0.717, 1.165) is 52.5 Å². The molecule has 4 rings (SSSR count). The Kier molecular flexibility index (Phi) is 9.52. The van der Waals surface area contributed by atoms with Crippen LogP contribution in [0.25, 0.3) is 10.8 Å². The molecule has 0 aliphatic carbocycles. The number of carboxylic acid groups (broad SMARTS) is 1. The van der Waals surface area contributed by atoms with Gasteiger partial charge in [-0.2, -0.15) is 0 Å². The van der Waals surface area contributed by atoms with E-state index < -0.39 is 5.97 Å². The van der Waals surface area contributed by atoms with Crippen LogP contribution in [0.15, 0.2) is 84.9 Å². The summed E-state index contributed by atoms with van der Waals surface area (Å²) in [6.45, 7) is 3.13. The van der Waals surface area contributed by atoms with Gasteiger partial charge in [0.15, 0.2) is 0 Å². The van der Waals surface area contributed by atoms with Crippen molar-refractivity contribution in [1.29, 1.82) is 0 Å². The number of carbonyl (C=O) groups excluding carboxylic acids is 1. The Hall–Kier alpha value is -4.12. The van der Waals surface area contributed by atoms with Crippen molar-refractivity contribution in [3.05, 3.63) is 113 Å². The van der Waals surface area contributed by atoms with Gasteiger partial charge in [0.25, 0.3) is 0 Å². The van der Waals surface area contributed by atoms with Crippen LogP contribution >= 0.6 is 0 Å². The summed E-state index contributed by atoms with van der Waals surface area (Å²) in [6.07, 6.45) is 3.37. The zero-order valence-electron chi connectivity index (χ0n) is 21.9. The van der Waals surface area contributed by atoms with Crippen molar-refractivity contribution in [1.82, 2.24) is 5.32 Å². The maximum atomic E-state index is 13.0. The van der Waals surface area contributed by atoms with E-state index in [1.165, 1.54) is 11.1 Å². The van der Waals surface area contributed by atoms with E-state index in [-0.39, 0.29) is 18.7 Å². The topological polar surface area (TPSA) is 75.6 Å². The summed E-state index contributed by atoms with van der Waals surface area (Å²) < 4.78 is 6.22. The van der Waals surface area contributed by atoms with E-state index in [9.17, 15) is 9.59 Å². The predicted molar refractivity (Wildman–Crippen MR) is 152 cm³/mol. The fourth-order valence-corrected chi connectivity index (χ4v) is 4.72. The van der Waals surface area contributed by atoms with Gasteiger partial charge in [-0.15, -0.1) is 0 Å². The second kappa shape index (κ2) is 13.4. The molecular formula is C33H35NO4. The Labute approximate surface area is 224 Å². The van der Waals surface area contributed by atoms with Crippen LogP contribution in [0.1, 0.15) is 47.1 Å². The molecule has 0 aromatic heterocycles. The summed E-state index contributed by atoms with van der Waals surface area (Å²) >= 11 is 0. The molecule has 0 heterocycles. The van der Waals surface area contributed by atoms with Crippen molar-refractivity contribution in [2.24, 2.45) is 0 Å². The second-order valence-electron chi connectivity index (χ2n) is 9.68. The minimum absolute atomic E-state index is 0.0153. The van der Waals surface area contributed by atoms with Crippen molar-refractivity contribution >= 4 is 22.6 Å². The molecule has 0 fully saturated rings. The van der Waals surface area contributed by atoms with Gasteiger partial charge in [0.2, 0.25) is 5.91 Å². The molecule has 0 bridgehead atoms. The van der Waals surface area contributed by atoms with Crippen molar-refractivity contribution in [3.8, 4) is 5.75 Å². The Bertz CT molecular complexity index is 1380. The number of benzene rings is 4. The number of aryl methyl sites for hydroxylation is 2. The van der Waals surface area contributed by atoms with Crippen LogP contribution in [0.3, 0.4) is 0 Å². The summed E-state index contributed by atoms with van der Waals surface area (Å²) in [7, 11) is 0. The first kappa shape index (κ1) is 26.9. The molecule has 38 heavy (non-hydrogen) atoms. The lowest BCUT2D eigenvalue weighted by molar-refractivity contribution is -0.137. The molecule has 1 amide bonds. The van der Waals surface area contributed by atoms with E-state index in [4.69, 9.17) is 9.84 Å². The summed E-state index contributed by atoms with van der Waals surface area (Å²) in [5, 5.41) is 14.0. The largest absolute Gasteiger partial charge is 0.488 e. The summed E-state index contributed by atoms with van der Waals surface area (Å²) in [4.78, 5) is 23.9. The van der Waals surface area contributed by atoms with E-state index in [0.29, 0.717) is 19.6 Å². The second-order valence-corrected chi connectivity index (χ2v) is 9.68. The number of ether oxygens (including phenoxy) is 1. The first-order valence-electron chi connectivity index (χ1n) is 13.2. The number of rotatable bonds is 13. The number of carbonyl (C=O) groups is 2. The van der Waals surface area contributed by atoms with Gasteiger partial charge in [-0.1, -0.05) is 72.8 Å². The Morgan fingerprint density at radius 1 is 0.789 bits per heavy atom. The normalized spacial score (nSPS) is 10.9. The molecule has 196 valence electrons. The standard InChI is InChI=1S/C33H35NO4/c1-24-10-5-7-14-27(24)18-19-34-32(35)22-28-20-26(13-6-8-17-33(36)37)21-30-29(28)15-9-16-31(30)38-23-25-11-3-2-4-12-25/h2-5,7,9-12,14-16,20-21H,6,8,13,17-19,22-23H2,1H3,(H,34,35)(H,36,37). The molecular weight excluding hydrogens is 474 g/mol. The summed E-state index contributed by atoms with van der Waals surface area (Å²) in [5.41, 5.74) is 5.59. The first-order chi connectivity index (χ1) is 18.5. The molecule has 0 saturated carbocycles. The quantitative estimate of drug-likeness (QED) is 0.204. The third kappa shape index (κ3) is 7.69. The van der Waals surface area contributed by atoms with Crippen LogP contribution in [0.2, 0.25) is 0 Å². The maximum absolute atomic E-state index is 13.0. The molecule has 4 aromatic carbocycles. The zero-order chi connectivity index (χ0) is 26.7. The average molecular weight is 510 g/mol. The van der Waals surface area contributed by atoms with Gasteiger partial charge in [-0.05, 0) is 77.9 Å². The van der Waals surface area contributed by atoms with Crippen molar-refractivity contribution < 1.29 is 19.4 Å². The van der Waals surface area contributed by atoms with E-state index >= 15 is 0 Å². The lowest BCUT2D eigenvalue weighted by atomic mass is 9.95. The maximum Gasteiger partial charge on any atom is 0.303 e. The fourth-order valence-electron chi connectivity index (χ4n) is 4.72. The van der Waals surface area contributed by atoms with Crippen LogP contribution in [-0.4, -0.2) is 23.5 Å². The Morgan fingerprint density at radius 2 is 1.58 bits per heavy atom. The molecule has 0 aliphatic heterocycles. The molecule has 0 spiro atoms. The Balaban J connectivity index is 1.52. The van der Waals surface area contributed by atoms with E-state index in [2.05, 4.69) is 36.5 Å². The SMILES string of the molecule is Cc1ccccc1CCNC(=O)Cc1cc(CCCCC(=O)O)cc2c(OCc3ccccc3)cccc12. The highest BCUT2D eigenvalue weighted by molar-refractivity contribution is 5.94. The number of fused-ring (bicyclic) bond motifs is 1. The van der Waals surface area contributed by atoms with Crippen molar-refractivity contribution in [3.63, 3.8) is 0 Å². The van der Waals surface area contributed by atoms with E-state index in [1.807, 2.05) is 60.7 Å². The minimum atomic E-state index is -0.775. The van der Waals surface area contributed by atoms with Gasteiger partial charge >= 0.3 is 5.97 Å². The number of unbranched alkanes of at least 4 members (excludes halogenated alkanes) is 1. The number of carboxylic acids is 1. The summed E-state index contributed by atoms with van der Waals surface area (Å²) in [6, 6.07) is 28.4. The lowest BCUT2D eigenvalue weighted by Gasteiger charge is -2.15. The highest BCUT2D eigenvalue weighted by Crippen LogP contribution is 2.31. The minimum Gasteiger partial charge on any atom is -0.488 e. The van der Waals surface area contributed by atoms with Crippen LogP contribution in [0.5, 0.6) is 5.75 Å². The van der Waals surface area contributed by atoms with Crippen LogP contribution in [-0.2, 0) is 35.5 Å². The highest BCUT2D eigenvalue weighted by Gasteiger charge is 2.13. The van der Waals surface area contributed by atoms with Gasteiger partial charge in [-0.25, -0.2) is 0 Å². The van der Waals surface area contributed by atoms with Gasteiger partial charge in [-0.3, -0.25) is 9.59 Å². The molecule has 5 heteroatoms. The number of aliphatic carboxylic acids is 1. The predicted octanol–water partition coefficient (Wildman–Crippen LogP) is 6.43. The number of amides is 1. The zero-order valence-corrected chi connectivity index (χ0v) is 21.9. The third-order valence-corrected chi connectivity index (χ3v) is 6.77. The van der Waals surface area contributed by atoms with Gasteiger partial charge in [0.05, 0.1) is 6.42 Å². The van der Waals surface area contributed by atoms with Gasteiger partial charge in [0, 0.05) is 18.4 Å². The Morgan fingerprint density at radius 3 is 2.37 bits per heavy atom. The molecule has 5 nitrogen and oxygen atoms in total. The summed E-state index contributed by atoms with van der Waals surface area (Å²) in [5.74, 6) is -0.0124. The van der Waals surface area contributed by atoms with E-state index in [1.54, 1.807) is 0 Å². The molecule has 0 saturated heterocycles. The number of hydrogen-bond donors (Lipinski definition) is 2. The molecule has 0 aliphatic rings. The van der Waals surface area contributed by atoms with Crippen LogP contribution in [0.4, 0.5) is 0 Å². The molecule has 4 aromatic rings. The van der Waals surface area contributed by atoms with Crippen molar-refractivity contribution in [2.75, 3.05) is 6.54 Å². The van der Waals surface area contributed by atoms with Crippen LogP contribution in [0, 0.1) is 6.92 Å². The van der Waals surface area contributed by atoms with Gasteiger partial charge < -0.3 is 15.2 Å². The fraction of sp³-hybridized carbons (Fsp3) is 0.273. The van der Waals surface area contributed by atoms with Crippen molar-refractivity contribution in [2.45, 2.75) is 52.1 Å². The van der Waals surface area contributed by atoms with Crippen LogP contribution < -0.4 is 10.1 Å². The molecule has 0 radical (unpaired) electrons. The van der Waals surface area contributed by atoms with Gasteiger partial charge in [0.1, 0.15) is 12.4 Å². The lowest BCUT2D eigenvalue weighted by Crippen LogP contribution is -2.27. The molecule has 0 atom stereocenters. The third-order valence-electron chi connectivity index (χ3n) is 6.77. The first-order valence-corrected chi connectivity index (χ1v) is 13.2. The molecule has 0 unspecified atom stereocenters.